The number of hydrogen-bond donors (Lipinski definition) is 2. The average Bonchev–Trinajstić information content (AvgIpc) is 2.58. The number of unbranched alkanes of at least 4 members (excludes halogenated alkanes) is 12. The zero-order valence-corrected chi connectivity index (χ0v) is 17.7. The maximum absolute atomic E-state index is 11.8. The van der Waals surface area contributed by atoms with Crippen molar-refractivity contribution in [2.75, 3.05) is 0 Å². The summed E-state index contributed by atoms with van der Waals surface area (Å²) < 4.78 is 0. The van der Waals surface area contributed by atoms with Crippen LogP contribution in [-0.2, 0) is 9.59 Å². The van der Waals surface area contributed by atoms with Crippen molar-refractivity contribution in [2.24, 2.45) is 11.7 Å². The molecule has 26 heavy (non-hydrogen) atoms. The van der Waals surface area contributed by atoms with Crippen LogP contribution in [0.3, 0.4) is 0 Å². The lowest BCUT2D eigenvalue weighted by molar-refractivity contribution is -0.131. The number of rotatable bonds is 17. The van der Waals surface area contributed by atoms with E-state index >= 15 is 0 Å². The van der Waals surface area contributed by atoms with Crippen LogP contribution < -0.4 is 11.1 Å². The molecule has 0 unspecified atom stereocenters. The Kier molecular flexibility index (Phi) is 16.9. The summed E-state index contributed by atoms with van der Waals surface area (Å²) in [6.45, 7) is 6.29. The van der Waals surface area contributed by atoms with Crippen LogP contribution in [0.4, 0.5) is 0 Å². The highest BCUT2D eigenvalue weighted by molar-refractivity contribution is 5.97. The van der Waals surface area contributed by atoms with E-state index in [0.717, 1.165) is 12.8 Å². The first kappa shape index (κ1) is 25.1. The van der Waals surface area contributed by atoms with Crippen LogP contribution in [0.1, 0.15) is 117 Å². The molecule has 0 aliphatic rings. The third-order valence-corrected chi connectivity index (χ3v) is 4.83. The highest BCUT2D eigenvalue weighted by Crippen LogP contribution is 2.13. The summed E-state index contributed by atoms with van der Waals surface area (Å²) in [5, 5.41) is 2.43. The maximum atomic E-state index is 11.8. The van der Waals surface area contributed by atoms with Gasteiger partial charge in [-0.25, -0.2) is 0 Å². The Labute approximate surface area is 162 Å². The van der Waals surface area contributed by atoms with E-state index in [2.05, 4.69) is 12.2 Å². The lowest BCUT2D eigenvalue weighted by atomic mass is 10.0. The topological polar surface area (TPSA) is 72.2 Å². The second kappa shape index (κ2) is 17.5. The monoisotopic (exact) mass is 368 g/mol. The normalized spacial score (nSPS) is 12.3. The number of nitrogens with two attached hydrogens (primary N) is 1. The molecule has 4 nitrogen and oxygen atoms in total. The minimum atomic E-state index is -0.578. The maximum Gasteiger partial charge on any atom is 0.243 e. The largest absolute Gasteiger partial charge is 0.320 e. The van der Waals surface area contributed by atoms with Gasteiger partial charge in [0.05, 0.1) is 6.04 Å². The number of amides is 2. The summed E-state index contributed by atoms with van der Waals surface area (Å²) in [4.78, 5) is 23.5. The highest BCUT2D eigenvalue weighted by atomic mass is 16.2. The van der Waals surface area contributed by atoms with E-state index in [1.807, 2.05) is 13.8 Å². The number of nitrogens with one attached hydrogen (secondary N) is 1. The molecule has 0 aliphatic carbocycles. The fourth-order valence-electron chi connectivity index (χ4n) is 3.21. The molecular formula is C22H44N2O2. The molecule has 0 spiro atoms. The zero-order valence-electron chi connectivity index (χ0n) is 17.7. The van der Waals surface area contributed by atoms with Gasteiger partial charge in [0.2, 0.25) is 11.8 Å². The first-order valence-electron chi connectivity index (χ1n) is 11.1. The van der Waals surface area contributed by atoms with Gasteiger partial charge in [-0.05, 0) is 18.8 Å². The summed E-state index contributed by atoms with van der Waals surface area (Å²) in [6.07, 6.45) is 17.7. The van der Waals surface area contributed by atoms with Crippen molar-refractivity contribution in [2.45, 2.75) is 123 Å². The van der Waals surface area contributed by atoms with Crippen molar-refractivity contribution in [3.8, 4) is 0 Å². The molecule has 3 N–H and O–H groups in total. The average molecular weight is 369 g/mol. The van der Waals surface area contributed by atoms with Crippen molar-refractivity contribution in [3.63, 3.8) is 0 Å². The molecular weight excluding hydrogens is 324 g/mol. The Morgan fingerprint density at radius 2 is 1.19 bits per heavy atom. The van der Waals surface area contributed by atoms with Crippen molar-refractivity contribution in [1.29, 1.82) is 0 Å². The Balaban J connectivity index is 3.39. The van der Waals surface area contributed by atoms with E-state index in [1.54, 1.807) is 0 Å². The Bertz CT molecular complexity index is 356. The van der Waals surface area contributed by atoms with Gasteiger partial charge in [-0.15, -0.1) is 0 Å². The highest BCUT2D eigenvalue weighted by Gasteiger charge is 2.17. The van der Waals surface area contributed by atoms with E-state index in [4.69, 9.17) is 5.73 Å². The van der Waals surface area contributed by atoms with Gasteiger partial charge in [0.15, 0.2) is 0 Å². The molecule has 0 bridgehead atoms. The molecule has 0 saturated heterocycles. The standard InChI is InChI=1S/C22H44N2O2/c1-4-5-6-7-8-9-10-11-12-13-14-15-16-17-21(25)24-22(26)20(23)18-19(2)3/h19-20H,4-18,23H2,1-3H3,(H,24,25,26)/t20-/m0/s1. The van der Waals surface area contributed by atoms with Gasteiger partial charge in [-0.1, -0.05) is 97.8 Å². The smallest absolute Gasteiger partial charge is 0.243 e. The number of imide groups is 1. The molecule has 4 heteroatoms. The second-order valence-electron chi connectivity index (χ2n) is 8.14. The molecule has 0 rings (SSSR count). The zero-order chi connectivity index (χ0) is 19.6. The van der Waals surface area contributed by atoms with Gasteiger partial charge in [0, 0.05) is 6.42 Å². The molecule has 0 aliphatic heterocycles. The fraction of sp³-hybridized carbons (Fsp3) is 0.909. The first-order valence-corrected chi connectivity index (χ1v) is 11.1. The van der Waals surface area contributed by atoms with Crippen LogP contribution in [-0.4, -0.2) is 17.9 Å². The summed E-state index contributed by atoms with van der Waals surface area (Å²) in [5.41, 5.74) is 5.78. The van der Waals surface area contributed by atoms with Gasteiger partial charge in [-0.2, -0.15) is 0 Å². The molecule has 0 fully saturated rings. The summed E-state index contributed by atoms with van der Waals surface area (Å²) in [5.74, 6) is -0.164. The third kappa shape index (κ3) is 16.6. The predicted octanol–water partition coefficient (Wildman–Crippen LogP) is 5.48. The molecule has 1 atom stereocenters. The lowest BCUT2D eigenvalue weighted by Gasteiger charge is -2.13. The second-order valence-corrected chi connectivity index (χ2v) is 8.14. The number of carbonyl (C=O) groups excluding carboxylic acids is 2. The quantitative estimate of drug-likeness (QED) is 0.334. The Hall–Kier alpha value is -0.900. The van der Waals surface area contributed by atoms with E-state index in [0.29, 0.717) is 18.8 Å². The minimum Gasteiger partial charge on any atom is -0.320 e. The predicted molar refractivity (Wildman–Crippen MR) is 111 cm³/mol. The van der Waals surface area contributed by atoms with Crippen molar-refractivity contribution >= 4 is 11.8 Å². The van der Waals surface area contributed by atoms with Gasteiger partial charge in [0.25, 0.3) is 0 Å². The summed E-state index contributed by atoms with van der Waals surface area (Å²) in [6, 6.07) is -0.578. The van der Waals surface area contributed by atoms with E-state index < -0.39 is 6.04 Å². The first-order chi connectivity index (χ1) is 12.5. The SMILES string of the molecule is CCCCCCCCCCCCCCCC(=O)NC(=O)[C@@H](N)CC(C)C. The molecule has 154 valence electrons. The van der Waals surface area contributed by atoms with E-state index in [-0.39, 0.29) is 11.8 Å². The molecule has 0 aromatic rings. The minimum absolute atomic E-state index is 0.183. The molecule has 0 aromatic heterocycles. The van der Waals surface area contributed by atoms with Gasteiger partial charge in [-0.3, -0.25) is 14.9 Å². The summed E-state index contributed by atoms with van der Waals surface area (Å²) in [7, 11) is 0. The van der Waals surface area contributed by atoms with Crippen LogP contribution in [0.25, 0.3) is 0 Å². The van der Waals surface area contributed by atoms with Crippen LogP contribution in [0.5, 0.6) is 0 Å². The van der Waals surface area contributed by atoms with Crippen molar-refractivity contribution in [1.82, 2.24) is 5.32 Å². The van der Waals surface area contributed by atoms with Crippen LogP contribution >= 0.6 is 0 Å². The molecule has 2 amide bonds. The Morgan fingerprint density at radius 1 is 0.769 bits per heavy atom. The summed E-state index contributed by atoms with van der Waals surface area (Å²) >= 11 is 0. The van der Waals surface area contributed by atoms with Crippen LogP contribution in [0.15, 0.2) is 0 Å². The lowest BCUT2D eigenvalue weighted by Crippen LogP contribution is -2.44. The van der Waals surface area contributed by atoms with Gasteiger partial charge < -0.3 is 5.73 Å². The van der Waals surface area contributed by atoms with Crippen molar-refractivity contribution in [3.05, 3.63) is 0 Å². The molecule has 0 aromatic carbocycles. The van der Waals surface area contributed by atoms with Crippen molar-refractivity contribution < 1.29 is 9.59 Å². The van der Waals surface area contributed by atoms with Crippen LogP contribution in [0, 0.1) is 5.92 Å². The molecule has 0 saturated carbocycles. The molecule has 0 heterocycles. The van der Waals surface area contributed by atoms with Gasteiger partial charge >= 0.3 is 0 Å². The van der Waals surface area contributed by atoms with E-state index in [9.17, 15) is 9.59 Å². The van der Waals surface area contributed by atoms with E-state index in [1.165, 1.54) is 70.6 Å². The third-order valence-electron chi connectivity index (χ3n) is 4.83. The number of carbonyl (C=O) groups is 2. The molecule has 0 radical (unpaired) electrons. The van der Waals surface area contributed by atoms with Crippen LogP contribution in [0.2, 0.25) is 0 Å². The fourth-order valence-corrected chi connectivity index (χ4v) is 3.21. The number of hydrogen-bond acceptors (Lipinski definition) is 3. The van der Waals surface area contributed by atoms with Gasteiger partial charge in [0.1, 0.15) is 0 Å². The Morgan fingerprint density at radius 3 is 1.62 bits per heavy atom.